The molecule has 1 aliphatic rings. The molecule has 0 bridgehead atoms. The molecule has 1 aromatic rings. The minimum absolute atomic E-state index is 0.462. The summed E-state index contributed by atoms with van der Waals surface area (Å²) >= 11 is 17.8. The summed E-state index contributed by atoms with van der Waals surface area (Å²) in [5.74, 6) is 0. The van der Waals surface area contributed by atoms with Crippen molar-refractivity contribution in [2.24, 2.45) is 0 Å². The average Bonchev–Trinajstić information content (AvgIpc) is 2.58. The van der Waals surface area contributed by atoms with Gasteiger partial charge in [0.15, 0.2) is 5.11 Å². The van der Waals surface area contributed by atoms with Crippen molar-refractivity contribution < 1.29 is 0 Å². The van der Waals surface area contributed by atoms with Crippen LogP contribution < -0.4 is 5.32 Å². The fourth-order valence-electron chi connectivity index (χ4n) is 2.37. The third-order valence-corrected chi connectivity index (χ3v) is 4.48. The minimum Gasteiger partial charge on any atom is -0.346 e. The molecule has 1 N–H and O–H groups in total. The summed E-state index contributed by atoms with van der Waals surface area (Å²) in [5, 5.41) is 5.10. The van der Waals surface area contributed by atoms with E-state index >= 15 is 0 Å². The fourth-order valence-corrected chi connectivity index (χ4v) is 3.24. The van der Waals surface area contributed by atoms with E-state index in [4.69, 9.17) is 35.4 Å². The number of para-hydroxylation sites is 1. The van der Waals surface area contributed by atoms with Crippen molar-refractivity contribution >= 4 is 46.2 Å². The lowest BCUT2D eigenvalue weighted by Crippen LogP contribution is -2.41. The van der Waals surface area contributed by atoms with Crippen molar-refractivity contribution in [2.45, 2.75) is 38.6 Å². The van der Waals surface area contributed by atoms with Crippen molar-refractivity contribution in [3.05, 3.63) is 28.2 Å². The van der Waals surface area contributed by atoms with Gasteiger partial charge in [0.05, 0.1) is 15.7 Å². The number of nitrogens with zero attached hydrogens (tertiary/aromatic N) is 1. The molecule has 2 nitrogen and oxygen atoms in total. The SMILES string of the molecule is CC1CCCCCN1C(=S)Nc1c(Cl)cccc1Cl. The van der Waals surface area contributed by atoms with Gasteiger partial charge in [-0.25, -0.2) is 0 Å². The highest BCUT2D eigenvalue weighted by atomic mass is 35.5. The standard InChI is InChI=1S/C14H18Cl2N2S/c1-10-6-3-2-4-9-18(10)14(19)17-13-11(15)7-5-8-12(13)16/h5,7-8,10H,2-4,6,9H2,1H3,(H,17,19). The quantitative estimate of drug-likeness (QED) is 0.737. The number of hydrogen-bond donors (Lipinski definition) is 1. The summed E-state index contributed by atoms with van der Waals surface area (Å²) in [6.45, 7) is 3.21. The summed E-state index contributed by atoms with van der Waals surface area (Å²) in [6, 6.07) is 5.91. The molecule has 1 fully saturated rings. The number of thiocarbonyl (C=S) groups is 1. The second-order valence-electron chi connectivity index (χ2n) is 4.92. The molecular formula is C14H18Cl2N2S. The Morgan fingerprint density at radius 1 is 1.26 bits per heavy atom. The van der Waals surface area contributed by atoms with E-state index in [1.54, 1.807) is 0 Å². The van der Waals surface area contributed by atoms with Crippen molar-refractivity contribution in [3.63, 3.8) is 0 Å². The topological polar surface area (TPSA) is 15.3 Å². The van der Waals surface area contributed by atoms with E-state index in [0.717, 1.165) is 6.54 Å². The van der Waals surface area contributed by atoms with E-state index in [9.17, 15) is 0 Å². The third-order valence-electron chi connectivity index (χ3n) is 3.51. The number of likely N-dealkylation sites (tertiary alicyclic amines) is 1. The summed E-state index contributed by atoms with van der Waals surface area (Å²) in [4.78, 5) is 2.24. The first-order valence-corrected chi connectivity index (χ1v) is 7.77. The van der Waals surface area contributed by atoms with Gasteiger partial charge in [-0.2, -0.15) is 0 Å². The van der Waals surface area contributed by atoms with Gasteiger partial charge in [0, 0.05) is 12.6 Å². The molecule has 1 unspecified atom stereocenters. The van der Waals surface area contributed by atoms with Crippen LogP contribution in [0.3, 0.4) is 0 Å². The van der Waals surface area contributed by atoms with Crippen LogP contribution in [0.4, 0.5) is 5.69 Å². The van der Waals surface area contributed by atoms with Crippen LogP contribution >= 0.6 is 35.4 Å². The highest BCUT2D eigenvalue weighted by Crippen LogP contribution is 2.30. The molecule has 1 saturated heterocycles. The van der Waals surface area contributed by atoms with Crippen molar-refractivity contribution in [1.82, 2.24) is 4.90 Å². The Morgan fingerprint density at radius 2 is 1.95 bits per heavy atom. The second kappa shape index (κ2) is 6.78. The van der Waals surface area contributed by atoms with Gasteiger partial charge in [0.25, 0.3) is 0 Å². The third kappa shape index (κ3) is 3.74. The molecule has 0 aliphatic carbocycles. The summed E-state index contributed by atoms with van der Waals surface area (Å²) in [5.41, 5.74) is 0.701. The summed E-state index contributed by atoms with van der Waals surface area (Å²) < 4.78 is 0. The molecule has 0 saturated carbocycles. The van der Waals surface area contributed by atoms with Crippen molar-refractivity contribution in [3.8, 4) is 0 Å². The first kappa shape index (κ1) is 14.9. The van der Waals surface area contributed by atoms with Gasteiger partial charge in [-0.15, -0.1) is 0 Å². The predicted molar refractivity (Wildman–Crippen MR) is 87.3 cm³/mol. The molecule has 5 heteroatoms. The monoisotopic (exact) mass is 316 g/mol. The van der Waals surface area contributed by atoms with Crippen LogP contribution in [0.1, 0.15) is 32.6 Å². The molecule has 1 aromatic carbocycles. The zero-order chi connectivity index (χ0) is 13.8. The fraction of sp³-hybridized carbons (Fsp3) is 0.500. The van der Waals surface area contributed by atoms with Gasteiger partial charge >= 0.3 is 0 Å². The lowest BCUT2D eigenvalue weighted by molar-refractivity contribution is 0.341. The Labute approximate surface area is 130 Å². The number of rotatable bonds is 1. The van der Waals surface area contributed by atoms with E-state index in [1.165, 1.54) is 25.7 Å². The zero-order valence-corrected chi connectivity index (χ0v) is 13.3. The molecule has 1 heterocycles. The van der Waals surface area contributed by atoms with Crippen LogP contribution in [0.15, 0.2) is 18.2 Å². The highest BCUT2D eigenvalue weighted by Gasteiger charge is 2.20. The summed E-state index contributed by atoms with van der Waals surface area (Å²) in [7, 11) is 0. The molecule has 0 radical (unpaired) electrons. The van der Waals surface area contributed by atoms with E-state index in [2.05, 4.69) is 17.1 Å². The molecule has 2 rings (SSSR count). The van der Waals surface area contributed by atoms with Gasteiger partial charge < -0.3 is 10.2 Å². The van der Waals surface area contributed by atoms with Crippen LogP contribution in [-0.4, -0.2) is 22.6 Å². The first-order valence-electron chi connectivity index (χ1n) is 6.61. The maximum Gasteiger partial charge on any atom is 0.173 e. The highest BCUT2D eigenvalue weighted by molar-refractivity contribution is 7.80. The average molecular weight is 317 g/mol. The van der Waals surface area contributed by atoms with Crippen LogP contribution in [0.25, 0.3) is 0 Å². The molecule has 1 aliphatic heterocycles. The van der Waals surface area contributed by atoms with E-state index in [1.807, 2.05) is 18.2 Å². The molecular weight excluding hydrogens is 299 g/mol. The lowest BCUT2D eigenvalue weighted by Gasteiger charge is -2.30. The van der Waals surface area contributed by atoms with E-state index in [0.29, 0.717) is 26.9 Å². The molecule has 0 aromatic heterocycles. The van der Waals surface area contributed by atoms with Gasteiger partial charge in [-0.05, 0) is 44.1 Å². The molecule has 104 valence electrons. The maximum atomic E-state index is 6.16. The number of hydrogen-bond acceptors (Lipinski definition) is 1. The lowest BCUT2D eigenvalue weighted by atomic mass is 10.1. The van der Waals surface area contributed by atoms with E-state index in [-0.39, 0.29) is 0 Å². The summed E-state index contributed by atoms with van der Waals surface area (Å²) in [6.07, 6.45) is 4.91. The predicted octanol–water partition coefficient (Wildman–Crippen LogP) is 4.95. The van der Waals surface area contributed by atoms with Crippen molar-refractivity contribution in [2.75, 3.05) is 11.9 Å². The second-order valence-corrected chi connectivity index (χ2v) is 6.12. The zero-order valence-electron chi connectivity index (χ0n) is 11.0. The van der Waals surface area contributed by atoms with Gasteiger partial charge in [0.2, 0.25) is 0 Å². The maximum absolute atomic E-state index is 6.16. The molecule has 1 atom stereocenters. The van der Waals surface area contributed by atoms with Gasteiger partial charge in [0.1, 0.15) is 0 Å². The Hall–Kier alpha value is -0.510. The number of anilines is 1. The Bertz CT molecular complexity index is 445. The smallest absolute Gasteiger partial charge is 0.173 e. The van der Waals surface area contributed by atoms with Crippen LogP contribution in [0.2, 0.25) is 10.0 Å². The van der Waals surface area contributed by atoms with Crippen LogP contribution in [-0.2, 0) is 0 Å². The Kier molecular flexibility index (Phi) is 5.31. The first-order chi connectivity index (χ1) is 9.09. The Morgan fingerprint density at radius 3 is 2.63 bits per heavy atom. The van der Waals surface area contributed by atoms with Crippen molar-refractivity contribution in [1.29, 1.82) is 0 Å². The minimum atomic E-state index is 0.462. The van der Waals surface area contributed by atoms with Crippen LogP contribution in [0, 0.1) is 0 Å². The number of nitrogens with one attached hydrogen (secondary N) is 1. The molecule has 19 heavy (non-hydrogen) atoms. The van der Waals surface area contributed by atoms with Gasteiger partial charge in [-0.3, -0.25) is 0 Å². The normalized spacial score (nSPS) is 19.9. The van der Waals surface area contributed by atoms with E-state index < -0.39 is 0 Å². The number of benzene rings is 1. The number of halogens is 2. The van der Waals surface area contributed by atoms with Gasteiger partial charge in [-0.1, -0.05) is 42.1 Å². The largest absolute Gasteiger partial charge is 0.346 e. The molecule has 0 spiro atoms. The molecule has 0 amide bonds. The van der Waals surface area contributed by atoms with Crippen LogP contribution in [0.5, 0.6) is 0 Å². The Balaban J connectivity index is 2.11.